The average molecular weight is 529 g/mol. The number of pyridine rings is 1. The number of aromatic nitrogens is 3. The highest BCUT2D eigenvalue weighted by molar-refractivity contribution is 7.91. The van der Waals surface area contributed by atoms with Crippen LogP contribution in [0.4, 0.5) is 11.5 Å². The van der Waals surface area contributed by atoms with Crippen molar-refractivity contribution in [2.24, 2.45) is 0 Å². The van der Waals surface area contributed by atoms with Crippen LogP contribution in [-0.2, 0) is 9.84 Å². The normalized spacial score (nSPS) is 15.5. The summed E-state index contributed by atoms with van der Waals surface area (Å²) in [5.41, 5.74) is 3.06. The van der Waals surface area contributed by atoms with Crippen LogP contribution in [0.15, 0.2) is 24.3 Å². The van der Waals surface area contributed by atoms with E-state index in [-0.39, 0.29) is 22.6 Å². The Morgan fingerprint density at radius 3 is 2.56 bits per heavy atom. The fourth-order valence-corrected chi connectivity index (χ4v) is 5.69. The van der Waals surface area contributed by atoms with Crippen molar-refractivity contribution in [3.63, 3.8) is 0 Å². The zero-order valence-corrected chi connectivity index (χ0v) is 21.6. The van der Waals surface area contributed by atoms with Crippen LogP contribution in [0.25, 0.3) is 11.0 Å². The van der Waals surface area contributed by atoms with Crippen molar-refractivity contribution < 1.29 is 18.3 Å². The van der Waals surface area contributed by atoms with E-state index in [0.29, 0.717) is 48.5 Å². The van der Waals surface area contributed by atoms with Crippen LogP contribution in [0.5, 0.6) is 0 Å². The Balaban J connectivity index is 1.74. The van der Waals surface area contributed by atoms with Gasteiger partial charge in [-0.2, -0.15) is 5.26 Å². The van der Waals surface area contributed by atoms with E-state index in [9.17, 15) is 23.6 Å². The maximum atomic E-state index is 12.0. The van der Waals surface area contributed by atoms with Gasteiger partial charge >= 0.3 is 5.97 Å². The van der Waals surface area contributed by atoms with Gasteiger partial charge in [-0.1, -0.05) is 17.7 Å². The van der Waals surface area contributed by atoms with Gasteiger partial charge in [0.2, 0.25) is 0 Å². The van der Waals surface area contributed by atoms with Gasteiger partial charge in [-0.25, -0.2) is 28.2 Å². The Morgan fingerprint density at radius 2 is 1.94 bits per heavy atom. The van der Waals surface area contributed by atoms with Crippen LogP contribution < -0.4 is 10.2 Å². The lowest BCUT2D eigenvalue weighted by molar-refractivity contribution is 0.0691. The molecule has 1 aliphatic heterocycles. The van der Waals surface area contributed by atoms with E-state index in [2.05, 4.69) is 21.4 Å². The fraction of sp³-hybridized carbons (Fsp3) is 0.375. The number of carboxylic acids is 1. The number of hydrogen-bond donors (Lipinski definition) is 2. The van der Waals surface area contributed by atoms with Gasteiger partial charge in [0.05, 0.1) is 28.0 Å². The quantitative estimate of drug-likeness (QED) is 0.453. The number of benzene rings is 1. The molecule has 10 nitrogen and oxygen atoms in total. The van der Waals surface area contributed by atoms with E-state index in [1.165, 1.54) is 12.3 Å². The largest absolute Gasteiger partial charge is 0.476 e. The first-order chi connectivity index (χ1) is 17.0. The molecular weight excluding hydrogens is 504 g/mol. The molecule has 12 heteroatoms. The predicted octanol–water partition coefficient (Wildman–Crippen LogP) is 3.74. The lowest BCUT2D eigenvalue weighted by Gasteiger charge is -2.32. The summed E-state index contributed by atoms with van der Waals surface area (Å²) >= 11 is 5.88. The van der Waals surface area contributed by atoms with E-state index >= 15 is 0 Å². The summed E-state index contributed by atoms with van der Waals surface area (Å²) in [6, 6.07) is 8.58. The van der Waals surface area contributed by atoms with E-state index in [1.54, 1.807) is 6.07 Å². The number of nitrogens with one attached hydrogen (secondary N) is 1. The second-order valence-electron chi connectivity index (χ2n) is 8.95. The molecule has 0 bridgehead atoms. The zero-order valence-electron chi connectivity index (χ0n) is 20.0. The van der Waals surface area contributed by atoms with Crippen LogP contribution >= 0.6 is 11.6 Å². The molecule has 1 atom stereocenters. The minimum Gasteiger partial charge on any atom is -0.476 e. The topological polar surface area (TPSA) is 149 Å². The van der Waals surface area contributed by atoms with Crippen LogP contribution in [0.2, 0.25) is 5.15 Å². The number of nitriles is 1. The molecule has 188 valence electrons. The first-order valence-corrected chi connectivity index (χ1v) is 13.6. The van der Waals surface area contributed by atoms with Crippen LogP contribution in [0.3, 0.4) is 0 Å². The Morgan fingerprint density at radius 1 is 1.25 bits per heavy atom. The van der Waals surface area contributed by atoms with Crippen molar-refractivity contribution in [2.75, 3.05) is 29.6 Å². The number of halogens is 1. The van der Waals surface area contributed by atoms with Gasteiger partial charge < -0.3 is 15.3 Å². The summed E-state index contributed by atoms with van der Waals surface area (Å²) < 4.78 is 23.9. The number of aromatic carboxylic acids is 1. The summed E-state index contributed by atoms with van der Waals surface area (Å²) in [4.78, 5) is 26.9. The summed E-state index contributed by atoms with van der Waals surface area (Å²) in [7, 11) is -3.14. The highest BCUT2D eigenvalue weighted by Gasteiger charge is 2.29. The third-order valence-electron chi connectivity index (χ3n) is 6.28. The van der Waals surface area contributed by atoms with Crippen LogP contribution in [0.1, 0.15) is 53.1 Å². The third kappa shape index (κ3) is 5.20. The molecule has 0 spiro atoms. The number of carbonyl (C=O) groups is 1. The molecule has 1 fully saturated rings. The molecule has 3 aromatic rings. The summed E-state index contributed by atoms with van der Waals surface area (Å²) in [5.74, 6) is -0.798. The lowest BCUT2D eigenvalue weighted by atomic mass is 10.0. The zero-order chi connectivity index (χ0) is 26.2. The second-order valence-corrected chi connectivity index (χ2v) is 11.7. The Kier molecular flexibility index (Phi) is 7.02. The molecule has 1 aromatic carbocycles. The highest BCUT2D eigenvalue weighted by atomic mass is 35.5. The van der Waals surface area contributed by atoms with E-state index in [0.717, 1.165) is 11.1 Å². The lowest BCUT2D eigenvalue weighted by Crippen LogP contribution is -2.39. The van der Waals surface area contributed by atoms with Crippen molar-refractivity contribution in [3.05, 3.63) is 51.9 Å². The number of piperidine rings is 1. The molecule has 4 rings (SSSR count). The second kappa shape index (κ2) is 9.87. The SMILES string of the molecule is Cc1cc([C@@H](C)Nc2ccc(Cl)nc2C(=O)O)c2nc(N3CCC(S(C)(=O)=O)CC3)c(C#N)nc2c1. The number of nitrogens with zero attached hydrogens (tertiary/aromatic N) is 5. The molecule has 0 radical (unpaired) electrons. The number of fused-ring (bicyclic) bond motifs is 1. The van der Waals surface area contributed by atoms with Gasteiger partial charge in [0, 0.05) is 24.9 Å². The number of anilines is 2. The summed E-state index contributed by atoms with van der Waals surface area (Å²) in [5, 5.41) is 22.2. The molecule has 3 heterocycles. The molecule has 0 aliphatic carbocycles. The molecule has 2 aromatic heterocycles. The van der Waals surface area contributed by atoms with Gasteiger partial charge in [0.1, 0.15) is 21.1 Å². The number of sulfone groups is 1. The first kappa shape index (κ1) is 25.6. The van der Waals surface area contributed by atoms with E-state index < -0.39 is 21.1 Å². The van der Waals surface area contributed by atoms with Crippen molar-refractivity contribution in [2.45, 2.75) is 38.0 Å². The fourth-order valence-electron chi connectivity index (χ4n) is 4.47. The monoisotopic (exact) mass is 528 g/mol. The molecule has 1 saturated heterocycles. The van der Waals surface area contributed by atoms with Gasteiger partial charge in [-0.15, -0.1) is 0 Å². The van der Waals surface area contributed by atoms with Gasteiger partial charge in [0.25, 0.3) is 0 Å². The molecule has 0 amide bonds. The number of carboxylic acid groups (broad SMARTS) is 1. The van der Waals surface area contributed by atoms with Crippen molar-refractivity contribution >= 4 is 49.9 Å². The predicted molar refractivity (Wildman–Crippen MR) is 137 cm³/mol. The molecular formula is C24H25ClN6O4S. The maximum Gasteiger partial charge on any atom is 0.356 e. The van der Waals surface area contributed by atoms with E-state index in [4.69, 9.17) is 16.6 Å². The number of rotatable bonds is 6. The average Bonchev–Trinajstić information content (AvgIpc) is 2.83. The van der Waals surface area contributed by atoms with Crippen molar-refractivity contribution in [1.29, 1.82) is 5.26 Å². The van der Waals surface area contributed by atoms with Gasteiger partial charge in [-0.3, -0.25) is 0 Å². The van der Waals surface area contributed by atoms with Crippen molar-refractivity contribution in [1.82, 2.24) is 15.0 Å². The molecule has 0 saturated carbocycles. The minimum atomic E-state index is -3.14. The Hall–Kier alpha value is -3.49. The highest BCUT2D eigenvalue weighted by Crippen LogP contribution is 2.31. The van der Waals surface area contributed by atoms with Gasteiger partial charge in [-0.05, 0) is 50.5 Å². The smallest absolute Gasteiger partial charge is 0.356 e. The van der Waals surface area contributed by atoms with Crippen LogP contribution in [-0.4, -0.2) is 59.0 Å². The summed E-state index contributed by atoms with van der Waals surface area (Å²) in [6.07, 6.45) is 2.15. The summed E-state index contributed by atoms with van der Waals surface area (Å²) in [6.45, 7) is 4.66. The van der Waals surface area contributed by atoms with Gasteiger partial charge in [0.15, 0.2) is 17.2 Å². The van der Waals surface area contributed by atoms with Crippen molar-refractivity contribution in [3.8, 4) is 6.07 Å². The Labute approximate surface area is 213 Å². The maximum absolute atomic E-state index is 12.0. The third-order valence-corrected chi connectivity index (χ3v) is 8.17. The van der Waals surface area contributed by atoms with Crippen LogP contribution in [0, 0.1) is 18.3 Å². The molecule has 36 heavy (non-hydrogen) atoms. The first-order valence-electron chi connectivity index (χ1n) is 11.3. The number of hydrogen-bond acceptors (Lipinski definition) is 9. The van der Waals surface area contributed by atoms with E-state index in [1.807, 2.05) is 30.9 Å². The molecule has 2 N–H and O–H groups in total. The number of aryl methyl sites for hydroxylation is 1. The Bertz CT molecular complexity index is 1500. The minimum absolute atomic E-state index is 0.0748. The molecule has 0 unspecified atom stereocenters. The standard InChI is InChI=1S/C24H25ClN6O4S/c1-13-10-16(14(2)27-17-4-5-20(25)29-22(17)24(32)33)21-18(11-13)28-19(12-26)23(30-21)31-8-6-15(7-9-31)36(3,34)35/h4-5,10-11,14-15,27H,6-9H2,1-3H3,(H,32,33)/t14-/m1/s1. The molecule has 1 aliphatic rings.